The number of amides is 1. The van der Waals surface area contributed by atoms with E-state index in [0.717, 1.165) is 5.56 Å². The lowest BCUT2D eigenvalue weighted by Gasteiger charge is -2.17. The highest BCUT2D eigenvalue weighted by Crippen LogP contribution is 2.37. The van der Waals surface area contributed by atoms with E-state index in [4.69, 9.17) is 9.17 Å². The van der Waals surface area contributed by atoms with Crippen LogP contribution in [0.5, 0.6) is 5.75 Å². The third-order valence-corrected chi connectivity index (χ3v) is 5.70. The number of rotatable bonds is 7. The summed E-state index contributed by atoms with van der Waals surface area (Å²) in [5.41, 5.74) is 2.65. The third-order valence-electron chi connectivity index (χ3n) is 4.88. The zero-order chi connectivity index (χ0) is 22.5. The standard InChI is InChI=1S/C25H21FN2O3S/c1-2-32(30)31-24-22(25(29)27-16-17-9-8-12-19(26)15-17)20-13-6-7-14-21(20)28-23(24)18-10-4-3-5-11-18/h3-15H,2,16H2,1H3,(H,27,29). The van der Waals surface area contributed by atoms with E-state index >= 15 is 0 Å². The molecule has 0 aliphatic carbocycles. The fraction of sp³-hybridized carbons (Fsp3) is 0.120. The number of hydrogen-bond acceptors (Lipinski definition) is 4. The molecule has 1 atom stereocenters. The summed E-state index contributed by atoms with van der Waals surface area (Å²) >= 11 is -1.64. The van der Waals surface area contributed by atoms with E-state index in [2.05, 4.69) is 5.32 Å². The molecule has 1 aromatic heterocycles. The van der Waals surface area contributed by atoms with Gasteiger partial charge < -0.3 is 9.50 Å². The minimum Gasteiger partial charge on any atom is -0.397 e. The van der Waals surface area contributed by atoms with Gasteiger partial charge in [0.25, 0.3) is 5.91 Å². The van der Waals surface area contributed by atoms with Crippen molar-refractivity contribution in [2.24, 2.45) is 0 Å². The molecule has 1 heterocycles. The molecule has 0 radical (unpaired) electrons. The van der Waals surface area contributed by atoms with Crippen LogP contribution in [-0.4, -0.2) is 20.9 Å². The van der Waals surface area contributed by atoms with E-state index in [-0.39, 0.29) is 29.4 Å². The Bertz CT molecular complexity index is 1300. The van der Waals surface area contributed by atoms with E-state index in [1.807, 2.05) is 42.5 Å². The average Bonchev–Trinajstić information content (AvgIpc) is 2.82. The molecule has 1 N–H and O–H groups in total. The number of carbonyl (C=O) groups excluding carboxylic acids is 1. The van der Waals surface area contributed by atoms with Crippen molar-refractivity contribution in [2.75, 3.05) is 5.75 Å². The molecule has 3 aromatic carbocycles. The number of hydrogen-bond donors (Lipinski definition) is 1. The largest absolute Gasteiger partial charge is 0.397 e. The first-order chi connectivity index (χ1) is 15.6. The highest BCUT2D eigenvalue weighted by atomic mass is 32.2. The highest BCUT2D eigenvalue weighted by Gasteiger charge is 2.24. The van der Waals surface area contributed by atoms with Crippen LogP contribution in [0.25, 0.3) is 22.2 Å². The molecule has 4 aromatic rings. The number of halogens is 1. The van der Waals surface area contributed by atoms with E-state index in [1.54, 1.807) is 31.2 Å². The topological polar surface area (TPSA) is 68.3 Å². The van der Waals surface area contributed by atoms with Crippen LogP contribution >= 0.6 is 0 Å². The minimum atomic E-state index is -1.64. The van der Waals surface area contributed by atoms with Crippen LogP contribution < -0.4 is 9.50 Å². The zero-order valence-electron chi connectivity index (χ0n) is 17.4. The summed E-state index contributed by atoms with van der Waals surface area (Å²) in [6, 6.07) is 22.6. The molecule has 0 spiro atoms. The van der Waals surface area contributed by atoms with Gasteiger partial charge in [-0.3, -0.25) is 4.79 Å². The van der Waals surface area contributed by atoms with Crippen LogP contribution in [0.15, 0.2) is 78.9 Å². The molecule has 0 saturated heterocycles. The Labute approximate surface area is 187 Å². The van der Waals surface area contributed by atoms with Crippen molar-refractivity contribution >= 4 is 27.9 Å². The number of pyridine rings is 1. The molecular weight excluding hydrogens is 427 g/mol. The number of para-hydroxylation sites is 1. The van der Waals surface area contributed by atoms with Gasteiger partial charge in [-0.15, -0.1) is 0 Å². The highest BCUT2D eigenvalue weighted by molar-refractivity contribution is 7.80. The molecule has 1 amide bonds. The first-order valence-electron chi connectivity index (χ1n) is 10.1. The summed E-state index contributed by atoms with van der Waals surface area (Å²) in [6.45, 7) is 1.86. The van der Waals surface area contributed by atoms with Crippen molar-refractivity contribution in [3.8, 4) is 17.0 Å². The summed E-state index contributed by atoms with van der Waals surface area (Å²) in [4.78, 5) is 18.1. The molecule has 0 fully saturated rings. The van der Waals surface area contributed by atoms with Crippen LogP contribution in [0, 0.1) is 5.82 Å². The number of carbonyl (C=O) groups is 1. The Kier molecular flexibility index (Phi) is 6.56. The molecule has 0 saturated carbocycles. The summed E-state index contributed by atoms with van der Waals surface area (Å²) in [5, 5.41) is 3.41. The van der Waals surface area contributed by atoms with Gasteiger partial charge in [0, 0.05) is 17.5 Å². The summed E-state index contributed by atoms with van der Waals surface area (Å²) < 4.78 is 31.7. The fourth-order valence-corrected chi connectivity index (χ4v) is 3.83. The first kappa shape index (κ1) is 21.6. The molecule has 32 heavy (non-hydrogen) atoms. The van der Waals surface area contributed by atoms with Gasteiger partial charge in [-0.2, -0.15) is 0 Å². The molecule has 0 aliphatic rings. The molecule has 0 bridgehead atoms. The normalized spacial score (nSPS) is 11.8. The smallest absolute Gasteiger partial charge is 0.256 e. The van der Waals surface area contributed by atoms with Crippen LogP contribution in [0.4, 0.5) is 4.39 Å². The van der Waals surface area contributed by atoms with E-state index in [0.29, 0.717) is 22.2 Å². The van der Waals surface area contributed by atoms with Crippen LogP contribution in [0.3, 0.4) is 0 Å². The number of fused-ring (bicyclic) bond motifs is 1. The van der Waals surface area contributed by atoms with Crippen molar-refractivity contribution in [3.05, 3.63) is 95.8 Å². The van der Waals surface area contributed by atoms with Gasteiger partial charge in [0.05, 0.1) is 16.8 Å². The predicted molar refractivity (Wildman–Crippen MR) is 124 cm³/mol. The van der Waals surface area contributed by atoms with E-state index in [1.165, 1.54) is 12.1 Å². The number of nitrogens with zero attached hydrogens (tertiary/aromatic N) is 1. The molecule has 162 valence electrons. The van der Waals surface area contributed by atoms with E-state index in [9.17, 15) is 13.4 Å². The molecule has 7 heteroatoms. The lowest BCUT2D eigenvalue weighted by Crippen LogP contribution is -2.24. The Morgan fingerprint density at radius 3 is 2.53 bits per heavy atom. The van der Waals surface area contributed by atoms with Gasteiger partial charge in [-0.25, -0.2) is 13.6 Å². The minimum absolute atomic E-state index is 0.129. The van der Waals surface area contributed by atoms with Crippen LogP contribution in [0.2, 0.25) is 0 Å². The maximum Gasteiger partial charge on any atom is 0.256 e. The van der Waals surface area contributed by atoms with Crippen molar-refractivity contribution < 1.29 is 17.6 Å². The van der Waals surface area contributed by atoms with Gasteiger partial charge in [0.15, 0.2) is 5.75 Å². The monoisotopic (exact) mass is 448 g/mol. The van der Waals surface area contributed by atoms with Crippen LogP contribution in [-0.2, 0) is 17.6 Å². The van der Waals surface area contributed by atoms with Crippen molar-refractivity contribution in [1.82, 2.24) is 10.3 Å². The fourth-order valence-electron chi connectivity index (χ4n) is 3.36. The summed E-state index contributed by atoms with van der Waals surface area (Å²) in [6.07, 6.45) is 0. The second-order valence-corrected chi connectivity index (χ2v) is 8.39. The van der Waals surface area contributed by atoms with Gasteiger partial charge in [0.2, 0.25) is 11.1 Å². The van der Waals surface area contributed by atoms with Crippen molar-refractivity contribution in [2.45, 2.75) is 13.5 Å². The van der Waals surface area contributed by atoms with Gasteiger partial charge in [-0.05, 0) is 23.8 Å². The van der Waals surface area contributed by atoms with Crippen LogP contribution in [0.1, 0.15) is 22.8 Å². The number of aromatic nitrogens is 1. The second kappa shape index (κ2) is 9.70. The average molecular weight is 449 g/mol. The second-order valence-electron chi connectivity index (χ2n) is 7.04. The predicted octanol–water partition coefficient (Wildman–Crippen LogP) is 5.03. The molecule has 1 unspecified atom stereocenters. The first-order valence-corrected chi connectivity index (χ1v) is 11.4. The SMILES string of the molecule is CCS(=O)Oc1c(-c2ccccc2)nc2ccccc2c1C(=O)NCc1cccc(F)c1. The van der Waals surface area contributed by atoms with Gasteiger partial charge >= 0.3 is 0 Å². The van der Waals surface area contributed by atoms with E-state index < -0.39 is 17.0 Å². The Morgan fingerprint density at radius 1 is 1.03 bits per heavy atom. The quantitative estimate of drug-likeness (QED) is 0.430. The molecular formula is C25H21FN2O3S. The Hall–Kier alpha value is -3.58. The molecule has 4 rings (SSSR count). The number of nitrogens with one attached hydrogen (secondary N) is 1. The van der Waals surface area contributed by atoms with Crippen molar-refractivity contribution in [3.63, 3.8) is 0 Å². The van der Waals surface area contributed by atoms with Crippen molar-refractivity contribution in [1.29, 1.82) is 0 Å². The summed E-state index contributed by atoms with van der Waals surface area (Å²) in [7, 11) is 0. The summed E-state index contributed by atoms with van der Waals surface area (Å²) in [5.74, 6) is -0.384. The maximum atomic E-state index is 13.5. The number of benzene rings is 3. The third kappa shape index (κ3) is 4.68. The lowest BCUT2D eigenvalue weighted by molar-refractivity contribution is 0.0951. The maximum absolute atomic E-state index is 13.5. The lowest BCUT2D eigenvalue weighted by atomic mass is 10.0. The molecule has 0 aliphatic heterocycles. The Balaban J connectivity index is 1.85. The Morgan fingerprint density at radius 2 is 1.78 bits per heavy atom. The zero-order valence-corrected chi connectivity index (χ0v) is 18.2. The molecule has 5 nitrogen and oxygen atoms in total. The van der Waals surface area contributed by atoms with Gasteiger partial charge in [0.1, 0.15) is 11.5 Å². The van der Waals surface area contributed by atoms with Gasteiger partial charge in [-0.1, -0.05) is 67.6 Å².